The number of nitrogens with one attached hydrogen (secondary N) is 4. The number of aromatic nitrogens is 2. The third-order valence-corrected chi connectivity index (χ3v) is 8.74. The van der Waals surface area contributed by atoms with Crippen molar-refractivity contribution in [2.45, 2.75) is 94.6 Å². The Bertz CT molecular complexity index is 1680. The van der Waals surface area contributed by atoms with E-state index in [4.69, 9.17) is 20.3 Å². The molecule has 1 aromatic heterocycles. The van der Waals surface area contributed by atoms with Crippen LogP contribution in [0.1, 0.15) is 65.5 Å². The van der Waals surface area contributed by atoms with Gasteiger partial charge < -0.3 is 18.6 Å². The topological polar surface area (TPSA) is 164 Å². The van der Waals surface area contributed by atoms with Crippen LogP contribution in [0.2, 0.25) is 0 Å². The van der Waals surface area contributed by atoms with Gasteiger partial charge in [0.05, 0.1) is 0 Å². The summed E-state index contributed by atoms with van der Waals surface area (Å²) < 4.78 is 52.9. The van der Waals surface area contributed by atoms with Gasteiger partial charge in [0.25, 0.3) is 0 Å². The number of carbonyl (C=O) groups excluding carboxylic acids is 3. The van der Waals surface area contributed by atoms with Crippen molar-refractivity contribution in [1.82, 2.24) is 19.8 Å². The Labute approximate surface area is 309 Å². The fraction of sp³-hybridized carbons (Fsp3) is 0.429. The first-order valence-electron chi connectivity index (χ1n) is 16.3. The number of aryl methyl sites for hydroxylation is 2. The quantitative estimate of drug-likeness (QED) is 0.0649. The molecule has 3 rings (SSSR count). The Morgan fingerprint density at radius 3 is 1.38 bits per heavy atom. The molecule has 12 nitrogen and oxygen atoms in total. The van der Waals surface area contributed by atoms with E-state index in [9.17, 15) is 27.6 Å². The predicted molar refractivity (Wildman–Crippen MR) is 195 cm³/mol. The number of rotatable bonds is 12. The molecule has 0 radical (unpaired) electrons. The second-order valence-electron chi connectivity index (χ2n) is 13.4. The van der Waals surface area contributed by atoms with Crippen LogP contribution in [-0.2, 0) is 27.4 Å². The molecule has 0 fully saturated rings. The van der Waals surface area contributed by atoms with Crippen molar-refractivity contribution in [2.24, 2.45) is 4.99 Å². The minimum Gasteiger partial charge on any atom is -0.444 e. The zero-order valence-corrected chi connectivity index (χ0v) is 31.5. The first-order chi connectivity index (χ1) is 24.2. The van der Waals surface area contributed by atoms with Gasteiger partial charge in [-0.15, -0.1) is 23.5 Å². The van der Waals surface area contributed by atoms with E-state index in [1.807, 2.05) is 0 Å². The molecular weight excluding hydrogens is 720 g/mol. The molecule has 0 aliphatic rings. The molecule has 0 spiro atoms. The van der Waals surface area contributed by atoms with Crippen molar-refractivity contribution in [1.29, 1.82) is 10.8 Å². The zero-order valence-electron chi connectivity index (χ0n) is 29.8. The Morgan fingerprint density at radius 2 is 1.06 bits per heavy atom. The van der Waals surface area contributed by atoms with Gasteiger partial charge in [-0.1, -0.05) is 24.3 Å². The molecule has 1 heterocycles. The highest BCUT2D eigenvalue weighted by molar-refractivity contribution is 7.99. The van der Waals surface area contributed by atoms with E-state index in [1.165, 1.54) is 32.7 Å². The van der Waals surface area contributed by atoms with Gasteiger partial charge in [0.2, 0.25) is 5.62 Å². The third-order valence-electron chi connectivity index (χ3n) is 6.55. The Hall–Kier alpha value is -4.51. The molecule has 0 atom stereocenters. The molecule has 52 heavy (non-hydrogen) atoms. The van der Waals surface area contributed by atoms with Crippen molar-refractivity contribution in [3.8, 4) is 0 Å². The Kier molecular flexibility index (Phi) is 14.8. The molecule has 3 aromatic rings. The predicted octanol–water partition coefficient (Wildman–Crippen LogP) is 7.34. The fourth-order valence-electron chi connectivity index (χ4n) is 4.33. The molecule has 17 heteroatoms. The summed E-state index contributed by atoms with van der Waals surface area (Å²) in [5.41, 5.74) is -0.477. The first-order valence-corrected chi connectivity index (χ1v) is 18.2. The minimum atomic E-state index is -5.10. The molecule has 0 aliphatic heterocycles. The summed E-state index contributed by atoms with van der Waals surface area (Å²) in [6, 6.07) is 14.0. The summed E-state index contributed by atoms with van der Waals surface area (Å²) in [5.74, 6) is -1.15. The van der Waals surface area contributed by atoms with Gasteiger partial charge in [-0.3, -0.25) is 26.2 Å². The number of ether oxygens (including phenoxy) is 2. The molecule has 0 aliphatic carbocycles. The van der Waals surface area contributed by atoms with Crippen LogP contribution in [0.15, 0.2) is 75.7 Å². The highest BCUT2D eigenvalue weighted by Gasteiger charge is 2.38. The number of alkyl carbamates (subject to hydrolysis) is 2. The number of halogens is 3. The smallest absolute Gasteiger partial charge is 0.444 e. The maximum absolute atomic E-state index is 13.2. The van der Waals surface area contributed by atoms with Crippen LogP contribution in [0.3, 0.4) is 0 Å². The van der Waals surface area contributed by atoms with E-state index in [1.54, 1.807) is 102 Å². The zero-order chi connectivity index (χ0) is 38.7. The van der Waals surface area contributed by atoms with E-state index < -0.39 is 35.5 Å². The molecule has 0 bridgehead atoms. The van der Waals surface area contributed by atoms with Gasteiger partial charge in [0.1, 0.15) is 22.9 Å². The van der Waals surface area contributed by atoms with Crippen LogP contribution in [0, 0.1) is 10.8 Å². The van der Waals surface area contributed by atoms with Crippen molar-refractivity contribution in [3.63, 3.8) is 0 Å². The number of imidazole rings is 1. The average molecular weight is 764 g/mol. The van der Waals surface area contributed by atoms with Crippen LogP contribution < -0.4 is 16.3 Å². The van der Waals surface area contributed by atoms with Gasteiger partial charge >= 0.3 is 24.3 Å². The lowest BCUT2D eigenvalue weighted by Gasteiger charge is -2.19. The van der Waals surface area contributed by atoms with Crippen molar-refractivity contribution in [3.05, 3.63) is 77.7 Å². The van der Waals surface area contributed by atoms with Crippen LogP contribution in [0.5, 0.6) is 0 Å². The number of amidine groups is 2. The molecule has 0 unspecified atom stereocenters. The van der Waals surface area contributed by atoms with Crippen molar-refractivity contribution in [2.75, 3.05) is 11.5 Å². The molecule has 4 N–H and O–H groups in total. The van der Waals surface area contributed by atoms with Gasteiger partial charge in [-0.05, 0) is 90.2 Å². The summed E-state index contributed by atoms with van der Waals surface area (Å²) in [6.07, 6.45) is -2.19. The number of nitrogens with zero attached hydrogens (tertiary/aromatic N) is 3. The Morgan fingerprint density at radius 1 is 0.692 bits per heavy atom. The first kappa shape index (κ1) is 41.9. The van der Waals surface area contributed by atoms with E-state index in [0.717, 1.165) is 9.79 Å². The maximum Gasteiger partial charge on any atom is 0.473 e. The van der Waals surface area contributed by atoms with Gasteiger partial charge in [-0.25, -0.2) is 9.59 Å². The van der Waals surface area contributed by atoms with Crippen molar-refractivity contribution < 1.29 is 37.0 Å². The average Bonchev–Trinajstić information content (AvgIpc) is 3.40. The van der Waals surface area contributed by atoms with Gasteiger partial charge in [0, 0.05) is 46.4 Å². The molecule has 0 saturated heterocycles. The van der Waals surface area contributed by atoms with Crippen LogP contribution >= 0.6 is 23.5 Å². The van der Waals surface area contributed by atoms with Crippen molar-refractivity contribution >= 4 is 53.3 Å². The van der Waals surface area contributed by atoms with Crippen LogP contribution in [-0.4, -0.2) is 67.8 Å². The summed E-state index contributed by atoms with van der Waals surface area (Å²) in [4.78, 5) is 41.0. The van der Waals surface area contributed by atoms with E-state index >= 15 is 0 Å². The monoisotopic (exact) mass is 763 g/mol. The highest BCUT2D eigenvalue weighted by atomic mass is 32.2. The van der Waals surface area contributed by atoms with Gasteiger partial charge in [0.15, 0.2) is 0 Å². The maximum atomic E-state index is 13.2. The van der Waals surface area contributed by atoms with E-state index in [2.05, 4.69) is 15.6 Å². The van der Waals surface area contributed by atoms with E-state index in [0.29, 0.717) is 48.6 Å². The molecule has 282 valence electrons. The SMILES string of the molecule is CC(C)(C)OC(=O)NC(=N)c1ccc(SCCCn2ccn(CCCSc3ccc(C(=N)NC(=O)OC(C)(C)C)cc3)c2=NC(=O)C(F)(F)F)cc1. The second-order valence-corrected chi connectivity index (χ2v) is 15.7. The summed E-state index contributed by atoms with van der Waals surface area (Å²) in [7, 11) is 0. The highest BCUT2D eigenvalue weighted by Crippen LogP contribution is 2.21. The number of thioether (sulfide) groups is 2. The largest absolute Gasteiger partial charge is 0.473 e. The lowest BCUT2D eigenvalue weighted by Crippen LogP contribution is -2.36. The minimum absolute atomic E-state index is 0.0852. The van der Waals surface area contributed by atoms with E-state index in [-0.39, 0.29) is 17.3 Å². The third kappa shape index (κ3) is 14.6. The van der Waals surface area contributed by atoms with Gasteiger partial charge in [-0.2, -0.15) is 18.2 Å². The number of hydrogen-bond donors (Lipinski definition) is 4. The summed E-state index contributed by atoms with van der Waals surface area (Å²) in [5, 5.41) is 21.0. The molecule has 0 saturated carbocycles. The summed E-state index contributed by atoms with van der Waals surface area (Å²) in [6.45, 7) is 11.0. The lowest BCUT2D eigenvalue weighted by molar-refractivity contribution is -0.169. The number of benzene rings is 2. The fourth-order valence-corrected chi connectivity index (χ4v) is 6.01. The number of carbonyl (C=O) groups is 3. The number of amides is 3. The lowest BCUT2D eigenvalue weighted by atomic mass is 10.2. The standard InChI is InChI=1S/C35H44F3N7O5S2/c1-33(2,3)49-31(47)41-27(39)23-9-13-25(14-10-23)51-21-7-17-44-19-20-45(30(44)43-29(46)35(36,37)38)18-8-22-52-26-15-11-24(12-16-26)28(40)42-32(48)50-34(4,5)6/h9-16,19-20H,7-8,17-18,21-22H2,1-6H3,(H2,39,41,47)(H2,40,42,48). The summed E-state index contributed by atoms with van der Waals surface area (Å²) >= 11 is 3.03. The molecular formula is C35H44F3N7O5S2. The molecule has 3 amide bonds. The number of hydrogen-bond acceptors (Lipinski definition) is 9. The normalized spacial score (nSPS) is 11.8. The van der Waals surface area contributed by atoms with Crippen LogP contribution in [0.4, 0.5) is 22.8 Å². The second kappa shape index (κ2) is 18.3. The Balaban J connectivity index is 1.53. The number of alkyl halides is 3. The molecule has 2 aromatic carbocycles. The van der Waals surface area contributed by atoms with Crippen LogP contribution in [0.25, 0.3) is 0 Å².